The summed E-state index contributed by atoms with van der Waals surface area (Å²) >= 11 is 6.03. The smallest absolute Gasteiger partial charge is 0.137 e. The minimum atomic E-state index is -0.215. The quantitative estimate of drug-likeness (QED) is 0.637. The SMILES string of the molecule is COc1cc(C(NN)C2(OC)CCC2)ccc1Cl. The van der Waals surface area contributed by atoms with Gasteiger partial charge >= 0.3 is 0 Å². The minimum Gasteiger partial charge on any atom is -0.495 e. The Hall–Kier alpha value is -0.810. The van der Waals surface area contributed by atoms with E-state index in [-0.39, 0.29) is 11.6 Å². The molecule has 1 aromatic carbocycles. The van der Waals surface area contributed by atoms with Crippen LogP contribution in [0.5, 0.6) is 5.75 Å². The third-order valence-corrected chi connectivity index (χ3v) is 4.12. The van der Waals surface area contributed by atoms with Gasteiger partial charge in [-0.3, -0.25) is 11.3 Å². The molecule has 4 nitrogen and oxygen atoms in total. The van der Waals surface area contributed by atoms with Crippen LogP contribution in [0.25, 0.3) is 0 Å². The topological polar surface area (TPSA) is 56.5 Å². The van der Waals surface area contributed by atoms with Crippen LogP contribution in [0.2, 0.25) is 5.02 Å². The van der Waals surface area contributed by atoms with Crippen molar-refractivity contribution in [2.75, 3.05) is 14.2 Å². The van der Waals surface area contributed by atoms with Gasteiger partial charge in [0.2, 0.25) is 0 Å². The normalized spacial score (nSPS) is 19.1. The third-order valence-electron chi connectivity index (χ3n) is 3.81. The molecule has 0 amide bonds. The zero-order valence-corrected chi connectivity index (χ0v) is 11.5. The van der Waals surface area contributed by atoms with Crippen LogP contribution in [0.3, 0.4) is 0 Å². The lowest BCUT2D eigenvalue weighted by Gasteiger charge is -2.46. The molecule has 2 rings (SSSR count). The molecular formula is C13H19ClN2O2. The highest BCUT2D eigenvalue weighted by molar-refractivity contribution is 6.32. The Labute approximate surface area is 112 Å². The van der Waals surface area contributed by atoms with E-state index in [1.165, 1.54) is 0 Å². The fourth-order valence-corrected chi connectivity index (χ4v) is 2.74. The average Bonchev–Trinajstić information content (AvgIpc) is 2.34. The van der Waals surface area contributed by atoms with Crippen molar-refractivity contribution in [3.63, 3.8) is 0 Å². The summed E-state index contributed by atoms with van der Waals surface area (Å²) in [4.78, 5) is 0. The molecule has 5 heteroatoms. The molecule has 1 unspecified atom stereocenters. The predicted octanol–water partition coefficient (Wildman–Crippen LogP) is 2.42. The molecule has 18 heavy (non-hydrogen) atoms. The van der Waals surface area contributed by atoms with Crippen LogP contribution in [0.1, 0.15) is 30.9 Å². The molecule has 0 aliphatic heterocycles. The van der Waals surface area contributed by atoms with Crippen LogP contribution >= 0.6 is 11.6 Å². The fraction of sp³-hybridized carbons (Fsp3) is 0.538. The van der Waals surface area contributed by atoms with E-state index in [1.807, 2.05) is 18.2 Å². The van der Waals surface area contributed by atoms with Gasteiger partial charge < -0.3 is 9.47 Å². The second kappa shape index (κ2) is 5.45. The van der Waals surface area contributed by atoms with Gasteiger partial charge in [-0.1, -0.05) is 17.7 Å². The van der Waals surface area contributed by atoms with Crippen molar-refractivity contribution < 1.29 is 9.47 Å². The van der Waals surface area contributed by atoms with Crippen molar-refractivity contribution >= 4 is 11.6 Å². The molecule has 1 fully saturated rings. The number of ether oxygens (including phenoxy) is 2. The van der Waals surface area contributed by atoms with Crippen molar-refractivity contribution in [2.45, 2.75) is 30.9 Å². The number of rotatable bonds is 5. The zero-order chi connectivity index (χ0) is 13.2. The lowest BCUT2D eigenvalue weighted by Crippen LogP contribution is -2.52. The summed E-state index contributed by atoms with van der Waals surface area (Å²) in [6.45, 7) is 0. The van der Waals surface area contributed by atoms with E-state index in [1.54, 1.807) is 14.2 Å². The molecule has 100 valence electrons. The monoisotopic (exact) mass is 270 g/mol. The summed E-state index contributed by atoms with van der Waals surface area (Å²) in [5, 5.41) is 0.595. The van der Waals surface area contributed by atoms with E-state index >= 15 is 0 Å². The average molecular weight is 271 g/mol. The van der Waals surface area contributed by atoms with Crippen LogP contribution in [0, 0.1) is 0 Å². The Morgan fingerprint density at radius 2 is 2.11 bits per heavy atom. The lowest BCUT2D eigenvalue weighted by molar-refractivity contribution is -0.0999. The first-order chi connectivity index (χ1) is 8.66. The van der Waals surface area contributed by atoms with Gasteiger partial charge in [0.15, 0.2) is 0 Å². The molecule has 3 N–H and O–H groups in total. The maximum Gasteiger partial charge on any atom is 0.137 e. The summed E-state index contributed by atoms with van der Waals surface area (Å²) in [6.07, 6.45) is 3.17. The predicted molar refractivity (Wildman–Crippen MR) is 71.7 cm³/mol. The van der Waals surface area contributed by atoms with E-state index in [4.69, 9.17) is 26.9 Å². The van der Waals surface area contributed by atoms with Gasteiger partial charge in [0.05, 0.1) is 23.8 Å². The summed E-state index contributed by atoms with van der Waals surface area (Å²) < 4.78 is 10.9. The van der Waals surface area contributed by atoms with Gasteiger partial charge in [0.1, 0.15) is 5.75 Å². The van der Waals surface area contributed by atoms with Crippen LogP contribution in [0.15, 0.2) is 18.2 Å². The maximum atomic E-state index is 6.03. The number of nitrogens with two attached hydrogens (primary N) is 1. The summed E-state index contributed by atoms with van der Waals surface area (Å²) in [6, 6.07) is 5.63. The number of hydrogen-bond acceptors (Lipinski definition) is 4. The summed E-state index contributed by atoms with van der Waals surface area (Å²) in [5.74, 6) is 6.35. The van der Waals surface area contributed by atoms with Crippen LogP contribution < -0.4 is 16.0 Å². The molecule has 1 aliphatic rings. The number of methoxy groups -OCH3 is 2. The lowest BCUT2D eigenvalue weighted by atomic mass is 9.72. The van der Waals surface area contributed by atoms with Gasteiger partial charge in [-0.2, -0.15) is 0 Å². The minimum absolute atomic E-state index is 0.0533. The maximum absolute atomic E-state index is 6.03. The molecule has 0 saturated heterocycles. The van der Waals surface area contributed by atoms with E-state index in [0.29, 0.717) is 10.8 Å². The van der Waals surface area contributed by atoms with Gasteiger partial charge in [-0.05, 0) is 37.0 Å². The fourth-order valence-electron chi connectivity index (χ4n) is 2.54. The Morgan fingerprint density at radius 3 is 2.56 bits per heavy atom. The Bertz CT molecular complexity index is 416. The standard InChI is InChI=1S/C13H19ClN2O2/c1-17-11-8-9(4-5-10(11)14)12(16-15)13(18-2)6-3-7-13/h4-5,8,12,16H,3,6-7,15H2,1-2H3. The number of hydrazine groups is 1. The van der Waals surface area contributed by atoms with Gasteiger partial charge in [-0.25, -0.2) is 0 Å². The molecule has 1 aliphatic carbocycles. The number of halogens is 1. The van der Waals surface area contributed by atoms with Crippen LogP contribution in [-0.2, 0) is 4.74 Å². The third kappa shape index (κ3) is 2.21. The van der Waals surface area contributed by atoms with Crippen LogP contribution in [-0.4, -0.2) is 19.8 Å². The largest absolute Gasteiger partial charge is 0.495 e. The van der Waals surface area contributed by atoms with Crippen molar-refractivity contribution in [3.8, 4) is 5.75 Å². The molecule has 1 aromatic rings. The van der Waals surface area contributed by atoms with Crippen molar-refractivity contribution in [1.29, 1.82) is 0 Å². The molecule has 0 heterocycles. The second-order valence-corrected chi connectivity index (χ2v) is 5.02. The number of hydrogen-bond donors (Lipinski definition) is 2. The molecule has 0 radical (unpaired) electrons. The number of nitrogens with one attached hydrogen (secondary N) is 1. The molecule has 0 bridgehead atoms. The number of benzene rings is 1. The van der Waals surface area contributed by atoms with Crippen molar-refractivity contribution in [2.24, 2.45) is 5.84 Å². The van der Waals surface area contributed by atoms with E-state index in [0.717, 1.165) is 24.8 Å². The second-order valence-electron chi connectivity index (χ2n) is 4.62. The first-order valence-corrected chi connectivity index (χ1v) is 6.39. The first kappa shape index (κ1) is 13.6. The molecule has 1 saturated carbocycles. The Balaban J connectivity index is 2.32. The zero-order valence-electron chi connectivity index (χ0n) is 10.7. The molecule has 1 atom stereocenters. The first-order valence-electron chi connectivity index (χ1n) is 6.01. The highest BCUT2D eigenvalue weighted by Gasteiger charge is 2.45. The van der Waals surface area contributed by atoms with E-state index in [9.17, 15) is 0 Å². The van der Waals surface area contributed by atoms with Gasteiger partial charge in [-0.15, -0.1) is 0 Å². The van der Waals surface area contributed by atoms with Crippen LogP contribution in [0.4, 0.5) is 0 Å². The molecule has 0 spiro atoms. The molecular weight excluding hydrogens is 252 g/mol. The van der Waals surface area contributed by atoms with Crippen molar-refractivity contribution in [3.05, 3.63) is 28.8 Å². The van der Waals surface area contributed by atoms with E-state index in [2.05, 4.69) is 5.43 Å². The summed E-state index contributed by atoms with van der Waals surface area (Å²) in [7, 11) is 3.34. The Morgan fingerprint density at radius 1 is 1.39 bits per heavy atom. The Kier molecular flexibility index (Phi) is 4.12. The van der Waals surface area contributed by atoms with Crippen molar-refractivity contribution in [1.82, 2.24) is 5.43 Å². The van der Waals surface area contributed by atoms with Gasteiger partial charge in [0, 0.05) is 7.11 Å². The highest BCUT2D eigenvalue weighted by Crippen LogP contribution is 2.45. The summed E-state index contributed by atoms with van der Waals surface area (Å²) in [5.41, 5.74) is 3.67. The van der Waals surface area contributed by atoms with Gasteiger partial charge in [0.25, 0.3) is 0 Å². The molecule has 0 aromatic heterocycles. The highest BCUT2D eigenvalue weighted by atomic mass is 35.5. The van der Waals surface area contributed by atoms with E-state index < -0.39 is 0 Å².